The Bertz CT molecular complexity index is 1200. The van der Waals surface area contributed by atoms with Gasteiger partial charge in [-0.2, -0.15) is 4.72 Å². The average Bonchev–Trinajstić information content (AvgIpc) is 3.43. The monoisotopic (exact) mass is 536 g/mol. The number of hydrogen-bond donors (Lipinski definition) is 6. The van der Waals surface area contributed by atoms with Crippen LogP contribution in [0.3, 0.4) is 0 Å². The van der Waals surface area contributed by atoms with Gasteiger partial charge in [0.1, 0.15) is 0 Å². The summed E-state index contributed by atoms with van der Waals surface area (Å²) in [6.07, 6.45) is 2.37. The van der Waals surface area contributed by atoms with Crippen LogP contribution in [0.15, 0.2) is 23.2 Å². The minimum absolute atomic E-state index is 0.00356. The van der Waals surface area contributed by atoms with E-state index in [1.165, 1.54) is 0 Å². The van der Waals surface area contributed by atoms with Crippen molar-refractivity contribution in [1.82, 2.24) is 25.5 Å². The number of imidazole rings is 1. The van der Waals surface area contributed by atoms with E-state index < -0.39 is 33.7 Å². The molecule has 1 aliphatic rings. The molecule has 2 heterocycles. The maximum Gasteiger partial charge on any atom is 0.345 e. The topological polar surface area (TPSA) is 175 Å². The number of aryl methyl sites for hydroxylation is 4. The lowest BCUT2D eigenvalue weighted by Gasteiger charge is -2.32. The standard InChI is InChI=1S/C24H36N6O6S/c1-15-11-16(2)21(17(3)12-15)37(34,35)30-24(22(32)33,29-20(31)13-19-7-10-27-36-19)8-5-6-9-25-23-26-14-18(4)28-23/h11-12,14,19,27,30H,5-10,13H2,1-4H3,(H,29,31)(H,32,33)(H2,25,26,28). The van der Waals surface area contributed by atoms with Crippen molar-refractivity contribution >= 4 is 27.8 Å². The van der Waals surface area contributed by atoms with Crippen molar-refractivity contribution in [2.45, 2.75) is 76.5 Å². The molecule has 1 aromatic heterocycles. The molecule has 1 fully saturated rings. The third kappa shape index (κ3) is 7.51. The number of aliphatic carboxylic acids is 1. The van der Waals surface area contributed by atoms with Crippen LogP contribution < -0.4 is 20.8 Å². The molecule has 13 heteroatoms. The average molecular weight is 537 g/mol. The second kappa shape index (κ2) is 12.0. The smallest absolute Gasteiger partial charge is 0.345 e. The lowest BCUT2D eigenvalue weighted by atomic mass is 10.0. The van der Waals surface area contributed by atoms with Crippen LogP contribution in [0.2, 0.25) is 0 Å². The second-order valence-corrected chi connectivity index (χ2v) is 11.1. The highest BCUT2D eigenvalue weighted by Crippen LogP contribution is 2.25. The minimum atomic E-state index is -4.32. The van der Waals surface area contributed by atoms with Crippen molar-refractivity contribution in [3.63, 3.8) is 0 Å². The normalized spacial score (nSPS) is 17.4. The number of aromatic nitrogens is 2. The van der Waals surface area contributed by atoms with Crippen LogP contribution in [-0.4, -0.2) is 60.2 Å². The van der Waals surface area contributed by atoms with E-state index in [4.69, 9.17) is 4.84 Å². The minimum Gasteiger partial charge on any atom is -0.478 e. The molecule has 6 N–H and O–H groups in total. The van der Waals surface area contributed by atoms with Gasteiger partial charge in [0.15, 0.2) is 5.95 Å². The number of carboxylic acid groups (broad SMARTS) is 1. The Balaban J connectivity index is 1.81. The van der Waals surface area contributed by atoms with Crippen molar-refractivity contribution in [2.24, 2.45) is 0 Å². The second-order valence-electron chi connectivity index (χ2n) is 9.52. The van der Waals surface area contributed by atoms with Crippen LogP contribution >= 0.6 is 0 Å². The van der Waals surface area contributed by atoms with Crippen molar-refractivity contribution in [2.75, 3.05) is 18.4 Å². The van der Waals surface area contributed by atoms with Crippen LogP contribution in [-0.2, 0) is 24.4 Å². The Morgan fingerprint density at radius 3 is 2.46 bits per heavy atom. The summed E-state index contributed by atoms with van der Waals surface area (Å²) in [5.41, 5.74) is 3.19. The number of aromatic amines is 1. The highest BCUT2D eigenvalue weighted by atomic mass is 32.2. The summed E-state index contributed by atoms with van der Waals surface area (Å²) in [5, 5.41) is 15.8. The van der Waals surface area contributed by atoms with E-state index in [1.54, 1.807) is 32.2 Å². The van der Waals surface area contributed by atoms with Gasteiger partial charge >= 0.3 is 5.97 Å². The van der Waals surface area contributed by atoms with Crippen LogP contribution in [0, 0.1) is 27.7 Å². The third-order valence-corrected chi connectivity index (χ3v) is 7.90. The van der Waals surface area contributed by atoms with Crippen LogP contribution in [0.5, 0.6) is 0 Å². The number of carbonyl (C=O) groups is 2. The van der Waals surface area contributed by atoms with Gasteiger partial charge in [-0.3, -0.25) is 9.63 Å². The zero-order chi connectivity index (χ0) is 27.2. The number of amides is 1. The fourth-order valence-corrected chi connectivity index (χ4v) is 6.30. The maximum atomic E-state index is 13.5. The number of hydrogen-bond acceptors (Lipinski definition) is 8. The lowest BCUT2D eigenvalue weighted by molar-refractivity contribution is -0.149. The molecule has 1 saturated heterocycles. The largest absolute Gasteiger partial charge is 0.478 e. The Kier molecular flexibility index (Phi) is 9.29. The van der Waals surface area contributed by atoms with Gasteiger partial charge in [-0.25, -0.2) is 23.7 Å². The quantitative estimate of drug-likeness (QED) is 0.165. The molecule has 12 nitrogen and oxygen atoms in total. The molecule has 1 aliphatic heterocycles. The number of rotatable bonds is 13. The van der Waals surface area contributed by atoms with E-state index in [0.717, 1.165) is 11.3 Å². The fourth-order valence-electron chi connectivity index (χ4n) is 4.53. The van der Waals surface area contributed by atoms with Gasteiger partial charge in [0, 0.05) is 25.0 Å². The van der Waals surface area contributed by atoms with Gasteiger partial charge in [0.05, 0.1) is 17.4 Å². The summed E-state index contributed by atoms with van der Waals surface area (Å²) in [6, 6.07) is 3.43. The molecule has 37 heavy (non-hydrogen) atoms. The Labute approximate surface area is 217 Å². The molecule has 3 rings (SSSR count). The zero-order valence-electron chi connectivity index (χ0n) is 21.6. The first-order valence-electron chi connectivity index (χ1n) is 12.2. The fraction of sp³-hybridized carbons (Fsp3) is 0.542. The predicted octanol–water partition coefficient (Wildman–Crippen LogP) is 1.78. The highest BCUT2D eigenvalue weighted by molar-refractivity contribution is 7.89. The number of hydroxylamine groups is 1. The number of nitrogens with zero attached hydrogens (tertiary/aromatic N) is 1. The summed E-state index contributed by atoms with van der Waals surface area (Å²) >= 11 is 0. The molecule has 2 aromatic rings. The van der Waals surface area contributed by atoms with Gasteiger partial charge < -0.3 is 20.7 Å². The lowest BCUT2D eigenvalue weighted by Crippen LogP contribution is -2.65. The summed E-state index contributed by atoms with van der Waals surface area (Å²) < 4.78 is 29.4. The number of H-pyrrole nitrogens is 1. The van der Waals surface area contributed by atoms with Gasteiger partial charge in [-0.1, -0.05) is 17.7 Å². The predicted molar refractivity (Wildman–Crippen MR) is 137 cm³/mol. The molecule has 2 atom stereocenters. The van der Waals surface area contributed by atoms with Crippen molar-refractivity contribution in [1.29, 1.82) is 0 Å². The molecule has 0 bridgehead atoms. The van der Waals surface area contributed by atoms with E-state index in [-0.39, 0.29) is 17.7 Å². The maximum absolute atomic E-state index is 13.5. The van der Waals surface area contributed by atoms with Gasteiger partial charge in [0.2, 0.25) is 21.6 Å². The van der Waals surface area contributed by atoms with Crippen molar-refractivity contribution in [3.8, 4) is 0 Å². The van der Waals surface area contributed by atoms with Crippen LogP contribution in [0.4, 0.5) is 5.95 Å². The number of carbonyl (C=O) groups excluding carboxylic acids is 1. The van der Waals surface area contributed by atoms with Crippen LogP contribution in [0.25, 0.3) is 0 Å². The number of nitrogens with one attached hydrogen (secondary N) is 5. The highest BCUT2D eigenvalue weighted by Gasteiger charge is 2.44. The molecule has 0 spiro atoms. The summed E-state index contributed by atoms with van der Waals surface area (Å²) in [4.78, 5) is 37.9. The van der Waals surface area contributed by atoms with E-state index in [9.17, 15) is 23.1 Å². The molecular weight excluding hydrogens is 500 g/mol. The Morgan fingerprint density at radius 1 is 1.19 bits per heavy atom. The molecule has 0 saturated carbocycles. The summed E-state index contributed by atoms with van der Waals surface area (Å²) in [7, 11) is -4.32. The number of anilines is 1. The molecule has 1 aromatic carbocycles. The van der Waals surface area contributed by atoms with Gasteiger partial charge in [-0.15, -0.1) is 0 Å². The molecule has 204 valence electrons. The van der Waals surface area contributed by atoms with E-state index in [0.29, 0.717) is 49.4 Å². The first-order valence-corrected chi connectivity index (χ1v) is 13.7. The van der Waals surface area contributed by atoms with Gasteiger partial charge in [-0.05, 0) is 64.5 Å². The number of unbranched alkanes of at least 4 members (excludes halogenated alkanes) is 1. The molecule has 1 amide bonds. The van der Waals surface area contributed by atoms with E-state index in [1.807, 2.05) is 13.8 Å². The van der Waals surface area contributed by atoms with Crippen LogP contribution in [0.1, 0.15) is 54.5 Å². The Morgan fingerprint density at radius 2 is 1.89 bits per heavy atom. The first kappa shape index (κ1) is 28.6. The third-order valence-electron chi connectivity index (χ3n) is 6.11. The number of sulfonamides is 1. The summed E-state index contributed by atoms with van der Waals surface area (Å²) in [6.45, 7) is 8.08. The summed E-state index contributed by atoms with van der Waals surface area (Å²) in [5.74, 6) is -1.53. The molecular formula is C24H36N6O6S. The van der Waals surface area contributed by atoms with Crippen molar-refractivity contribution < 1.29 is 28.0 Å². The van der Waals surface area contributed by atoms with Crippen molar-refractivity contribution in [3.05, 3.63) is 40.7 Å². The van der Waals surface area contributed by atoms with E-state index in [2.05, 4.69) is 30.8 Å². The first-order chi connectivity index (χ1) is 17.4. The van der Waals surface area contributed by atoms with Gasteiger partial charge in [0.25, 0.3) is 0 Å². The SMILES string of the molecule is Cc1cc(C)c(S(=O)(=O)NC(CCCCNc2ncc(C)[nH]2)(NC(=O)CC2CCNO2)C(=O)O)c(C)c1. The number of benzene rings is 1. The molecule has 0 aliphatic carbocycles. The number of carboxylic acids is 1. The van der Waals surface area contributed by atoms with E-state index >= 15 is 0 Å². The molecule has 0 radical (unpaired) electrons. The Hall–Kier alpha value is -3.00. The zero-order valence-corrected chi connectivity index (χ0v) is 22.4. The molecule has 2 unspecified atom stereocenters.